The zero-order valence-electron chi connectivity index (χ0n) is 11.4. The Hall–Kier alpha value is -3.46. The van der Waals surface area contributed by atoms with E-state index < -0.39 is 5.56 Å². The molecular weight excluding hydrogens is 280 g/mol. The number of nitrogens with zero attached hydrogens (tertiary/aromatic N) is 3. The third-order valence-electron chi connectivity index (χ3n) is 3.36. The highest BCUT2D eigenvalue weighted by Crippen LogP contribution is 2.22. The summed E-state index contributed by atoms with van der Waals surface area (Å²) in [7, 11) is 0. The molecule has 6 heteroatoms. The van der Waals surface area contributed by atoms with Crippen LogP contribution in [0.25, 0.3) is 16.6 Å². The van der Waals surface area contributed by atoms with Crippen molar-refractivity contribution in [2.24, 2.45) is 5.18 Å². The number of hydrogen-bond donors (Lipinski definition) is 1. The molecule has 1 aromatic heterocycles. The molecule has 22 heavy (non-hydrogen) atoms. The number of benzene rings is 2. The molecule has 0 saturated carbocycles. The van der Waals surface area contributed by atoms with Crippen LogP contribution in [0.1, 0.15) is 5.56 Å². The van der Waals surface area contributed by atoms with Crippen LogP contribution in [0.5, 0.6) is 0 Å². The summed E-state index contributed by atoms with van der Waals surface area (Å²) in [6, 6.07) is 14.8. The molecule has 0 unspecified atom stereocenters. The van der Waals surface area contributed by atoms with Crippen molar-refractivity contribution >= 4 is 22.3 Å². The fourth-order valence-corrected chi connectivity index (χ4v) is 2.32. The topological polar surface area (TPSA) is 101 Å². The van der Waals surface area contributed by atoms with E-state index in [0.29, 0.717) is 16.9 Å². The maximum Gasteiger partial charge on any atom is 0.273 e. The van der Waals surface area contributed by atoms with E-state index in [2.05, 4.69) is 5.18 Å². The largest absolute Gasteiger partial charge is 0.399 e. The second kappa shape index (κ2) is 5.14. The molecule has 0 aliphatic heterocycles. The van der Waals surface area contributed by atoms with Gasteiger partial charge in [0.05, 0.1) is 5.52 Å². The van der Waals surface area contributed by atoms with Gasteiger partial charge in [0.1, 0.15) is 17.3 Å². The van der Waals surface area contributed by atoms with E-state index in [1.54, 1.807) is 30.3 Å². The summed E-state index contributed by atoms with van der Waals surface area (Å²) in [5, 5.41) is 12.7. The van der Waals surface area contributed by atoms with Crippen molar-refractivity contribution in [1.82, 2.24) is 4.57 Å². The maximum atomic E-state index is 12.5. The van der Waals surface area contributed by atoms with Crippen molar-refractivity contribution in [2.45, 2.75) is 0 Å². The summed E-state index contributed by atoms with van der Waals surface area (Å²) < 4.78 is 1.40. The summed E-state index contributed by atoms with van der Waals surface area (Å²) in [6.45, 7) is 0. The van der Waals surface area contributed by atoms with Crippen LogP contribution >= 0.6 is 0 Å². The van der Waals surface area contributed by atoms with Crippen LogP contribution in [-0.2, 0) is 0 Å². The van der Waals surface area contributed by atoms with Crippen molar-refractivity contribution in [2.75, 3.05) is 5.73 Å². The predicted octanol–water partition coefficient (Wildman–Crippen LogP) is 2.84. The van der Waals surface area contributed by atoms with Gasteiger partial charge in [-0.15, -0.1) is 4.91 Å². The molecule has 0 aliphatic rings. The second-order valence-corrected chi connectivity index (χ2v) is 4.74. The molecule has 2 N–H and O–H groups in total. The Kier molecular flexibility index (Phi) is 3.16. The van der Waals surface area contributed by atoms with Crippen molar-refractivity contribution < 1.29 is 0 Å². The Labute approximate surface area is 125 Å². The average molecular weight is 290 g/mol. The highest BCUT2D eigenvalue weighted by Gasteiger charge is 2.11. The van der Waals surface area contributed by atoms with Crippen LogP contribution in [0.3, 0.4) is 0 Å². The van der Waals surface area contributed by atoms with Gasteiger partial charge in [0, 0.05) is 16.8 Å². The number of nitriles is 1. The second-order valence-electron chi connectivity index (χ2n) is 4.74. The molecule has 0 saturated heterocycles. The minimum absolute atomic E-state index is 0.0369. The number of hydrogen-bond acceptors (Lipinski definition) is 5. The van der Waals surface area contributed by atoms with E-state index in [1.165, 1.54) is 22.8 Å². The highest BCUT2D eigenvalue weighted by molar-refractivity contribution is 5.84. The van der Waals surface area contributed by atoms with E-state index in [4.69, 9.17) is 11.0 Å². The fourth-order valence-electron chi connectivity index (χ4n) is 2.32. The van der Waals surface area contributed by atoms with Gasteiger partial charge in [-0.25, -0.2) is 0 Å². The first-order chi connectivity index (χ1) is 10.6. The summed E-state index contributed by atoms with van der Waals surface area (Å²) in [6.07, 6.45) is 0. The molecule has 3 rings (SSSR count). The Morgan fingerprint density at radius 1 is 1.09 bits per heavy atom. The van der Waals surface area contributed by atoms with Gasteiger partial charge in [-0.3, -0.25) is 9.36 Å². The van der Waals surface area contributed by atoms with Gasteiger partial charge in [-0.2, -0.15) is 5.26 Å². The number of nitrogens with two attached hydrogens (primary N) is 1. The number of pyridine rings is 1. The van der Waals surface area contributed by atoms with Crippen molar-refractivity contribution in [1.29, 1.82) is 5.26 Å². The van der Waals surface area contributed by atoms with E-state index in [0.717, 1.165) is 5.39 Å². The van der Waals surface area contributed by atoms with Crippen LogP contribution in [0.4, 0.5) is 11.4 Å². The number of fused-ring (bicyclic) bond motifs is 1. The lowest BCUT2D eigenvalue weighted by Crippen LogP contribution is -2.21. The first-order valence-corrected chi connectivity index (χ1v) is 6.43. The average Bonchev–Trinajstić information content (AvgIpc) is 2.54. The van der Waals surface area contributed by atoms with Gasteiger partial charge in [0.15, 0.2) is 0 Å². The summed E-state index contributed by atoms with van der Waals surface area (Å²) in [5.74, 6) is 0. The van der Waals surface area contributed by atoms with Crippen molar-refractivity contribution in [3.63, 3.8) is 0 Å². The smallest absolute Gasteiger partial charge is 0.273 e. The standard InChI is InChI=1S/C16H10N4O2/c17-9-11-7-10-1-2-12(18)8-15(10)20(16(11)21)14-5-3-13(19-22)4-6-14/h1-8H,18H2. The van der Waals surface area contributed by atoms with Crippen LogP contribution in [0, 0.1) is 16.2 Å². The first kappa shape index (κ1) is 13.5. The Balaban J connectivity index is 2.41. The number of nitroso groups, excluding NO2 is 1. The molecule has 106 valence electrons. The van der Waals surface area contributed by atoms with Gasteiger partial charge in [0.2, 0.25) is 0 Å². The van der Waals surface area contributed by atoms with E-state index in [1.807, 2.05) is 6.07 Å². The number of rotatable bonds is 2. The molecule has 0 aliphatic carbocycles. The fraction of sp³-hybridized carbons (Fsp3) is 0. The van der Waals surface area contributed by atoms with Gasteiger partial charge in [-0.05, 0) is 47.6 Å². The Bertz CT molecular complexity index is 982. The lowest BCUT2D eigenvalue weighted by atomic mass is 10.1. The predicted molar refractivity (Wildman–Crippen MR) is 84.1 cm³/mol. The lowest BCUT2D eigenvalue weighted by Gasteiger charge is -2.11. The SMILES string of the molecule is N#Cc1cc2ccc(N)cc2n(-c2ccc(N=O)cc2)c1=O. The van der Waals surface area contributed by atoms with Crippen molar-refractivity contribution in [3.8, 4) is 11.8 Å². The molecule has 0 atom stereocenters. The van der Waals surface area contributed by atoms with E-state index in [-0.39, 0.29) is 11.3 Å². The molecule has 1 heterocycles. The summed E-state index contributed by atoms with van der Waals surface area (Å²) in [5.41, 5.74) is 7.30. The van der Waals surface area contributed by atoms with E-state index >= 15 is 0 Å². The third kappa shape index (κ3) is 2.11. The molecule has 3 aromatic rings. The van der Waals surface area contributed by atoms with Gasteiger partial charge < -0.3 is 5.73 Å². The lowest BCUT2D eigenvalue weighted by molar-refractivity contribution is 1.03. The minimum Gasteiger partial charge on any atom is -0.399 e. The van der Waals surface area contributed by atoms with Gasteiger partial charge in [-0.1, -0.05) is 6.07 Å². The summed E-state index contributed by atoms with van der Waals surface area (Å²) in [4.78, 5) is 23.0. The molecule has 0 spiro atoms. The molecule has 2 aromatic carbocycles. The molecule has 0 bridgehead atoms. The highest BCUT2D eigenvalue weighted by atomic mass is 16.3. The maximum absolute atomic E-state index is 12.5. The molecule has 0 radical (unpaired) electrons. The molecular formula is C16H10N4O2. The molecule has 0 fully saturated rings. The quantitative estimate of drug-likeness (QED) is 0.579. The first-order valence-electron chi connectivity index (χ1n) is 6.43. The Morgan fingerprint density at radius 2 is 1.82 bits per heavy atom. The van der Waals surface area contributed by atoms with Crippen LogP contribution in [0.2, 0.25) is 0 Å². The number of anilines is 1. The number of aromatic nitrogens is 1. The van der Waals surface area contributed by atoms with Crippen molar-refractivity contribution in [3.05, 3.63) is 69.4 Å². The van der Waals surface area contributed by atoms with Crippen LogP contribution < -0.4 is 11.3 Å². The minimum atomic E-state index is -0.438. The normalized spacial score (nSPS) is 10.3. The van der Waals surface area contributed by atoms with E-state index in [9.17, 15) is 9.70 Å². The number of nitrogen functional groups attached to an aromatic ring is 1. The molecule has 6 nitrogen and oxygen atoms in total. The zero-order chi connectivity index (χ0) is 15.7. The Morgan fingerprint density at radius 3 is 2.45 bits per heavy atom. The zero-order valence-corrected chi connectivity index (χ0v) is 11.4. The van der Waals surface area contributed by atoms with Crippen LogP contribution in [-0.4, -0.2) is 4.57 Å². The summed E-state index contributed by atoms with van der Waals surface area (Å²) >= 11 is 0. The van der Waals surface area contributed by atoms with Gasteiger partial charge >= 0.3 is 0 Å². The monoisotopic (exact) mass is 290 g/mol. The third-order valence-corrected chi connectivity index (χ3v) is 3.36. The van der Waals surface area contributed by atoms with Crippen LogP contribution in [0.15, 0.2) is 58.5 Å². The van der Waals surface area contributed by atoms with Gasteiger partial charge in [0.25, 0.3) is 5.56 Å². The molecule has 0 amide bonds.